The number of rotatable bonds is 4. The summed E-state index contributed by atoms with van der Waals surface area (Å²) in [7, 11) is 0. The average Bonchev–Trinajstić information content (AvgIpc) is 3.02. The van der Waals surface area contributed by atoms with Crippen molar-refractivity contribution < 1.29 is 9.59 Å². The zero-order valence-electron chi connectivity index (χ0n) is 13.8. The number of hydrogen-bond donors (Lipinski definition) is 0. The summed E-state index contributed by atoms with van der Waals surface area (Å²) in [6, 6.07) is 12.9. The number of amides is 2. The number of benzene rings is 2. The molecule has 0 aliphatic carbocycles. The van der Waals surface area contributed by atoms with Gasteiger partial charge in [0.15, 0.2) is 0 Å². The fourth-order valence-electron chi connectivity index (χ4n) is 3.06. The molecule has 6 heteroatoms. The minimum atomic E-state index is -0.145. The van der Waals surface area contributed by atoms with Crippen LogP contribution in [0.1, 0.15) is 18.9 Å². The Labute approximate surface area is 156 Å². The summed E-state index contributed by atoms with van der Waals surface area (Å²) in [5.41, 5.74) is 2.79. The molecule has 0 unspecified atom stereocenters. The van der Waals surface area contributed by atoms with Crippen LogP contribution in [0.4, 0.5) is 11.4 Å². The molecule has 0 fully saturated rings. The Morgan fingerprint density at radius 2 is 1.88 bits per heavy atom. The molecule has 0 N–H and O–H groups in total. The summed E-state index contributed by atoms with van der Waals surface area (Å²) in [6.07, 6.45) is 1.11. The zero-order chi connectivity index (χ0) is 18.0. The highest BCUT2D eigenvalue weighted by Crippen LogP contribution is 2.29. The van der Waals surface area contributed by atoms with Crippen LogP contribution in [0.2, 0.25) is 10.0 Å². The van der Waals surface area contributed by atoms with Crippen LogP contribution >= 0.6 is 23.2 Å². The second-order valence-corrected chi connectivity index (χ2v) is 6.76. The van der Waals surface area contributed by atoms with E-state index in [-0.39, 0.29) is 18.2 Å². The number of anilines is 2. The van der Waals surface area contributed by atoms with Gasteiger partial charge >= 0.3 is 0 Å². The second kappa shape index (κ2) is 7.46. The van der Waals surface area contributed by atoms with Gasteiger partial charge in [-0.1, -0.05) is 41.4 Å². The molecule has 1 heterocycles. The molecular formula is C19H18Cl2N2O2. The molecular weight excluding hydrogens is 359 g/mol. The van der Waals surface area contributed by atoms with E-state index >= 15 is 0 Å². The number of carbonyl (C=O) groups excluding carboxylic acids is 2. The van der Waals surface area contributed by atoms with E-state index in [2.05, 4.69) is 0 Å². The van der Waals surface area contributed by atoms with Crippen molar-refractivity contribution >= 4 is 46.4 Å². The second-order valence-electron chi connectivity index (χ2n) is 5.94. The highest BCUT2D eigenvalue weighted by atomic mass is 35.5. The molecule has 3 rings (SSSR count). The van der Waals surface area contributed by atoms with Gasteiger partial charge in [-0.25, -0.2) is 0 Å². The largest absolute Gasteiger partial charge is 0.312 e. The number of nitrogens with zero attached hydrogens (tertiary/aromatic N) is 2. The van der Waals surface area contributed by atoms with E-state index in [1.165, 1.54) is 12.5 Å². The van der Waals surface area contributed by atoms with Gasteiger partial charge in [0.1, 0.15) is 0 Å². The van der Waals surface area contributed by atoms with Gasteiger partial charge in [-0.15, -0.1) is 0 Å². The number of halogens is 2. The van der Waals surface area contributed by atoms with Gasteiger partial charge in [0.25, 0.3) is 0 Å². The number of hydrogen-bond acceptors (Lipinski definition) is 2. The summed E-state index contributed by atoms with van der Waals surface area (Å²) in [5.74, 6) is -0.135. The van der Waals surface area contributed by atoms with Gasteiger partial charge in [0, 0.05) is 37.8 Å². The molecule has 0 bridgehead atoms. The Balaban J connectivity index is 1.71. The lowest BCUT2D eigenvalue weighted by Crippen LogP contribution is -2.35. The first kappa shape index (κ1) is 17.8. The summed E-state index contributed by atoms with van der Waals surface area (Å²) in [6.45, 7) is 2.45. The van der Waals surface area contributed by atoms with Crippen molar-refractivity contribution in [3.63, 3.8) is 0 Å². The van der Waals surface area contributed by atoms with Crippen molar-refractivity contribution in [1.82, 2.24) is 0 Å². The first-order valence-electron chi connectivity index (χ1n) is 8.09. The highest BCUT2D eigenvalue weighted by molar-refractivity contribution is 6.42. The standard InChI is InChI=1S/C19H18Cl2N2O2/c1-13(24)22(15-6-7-16(20)17(21)12-15)11-9-19(25)23-10-8-14-4-2-3-5-18(14)23/h2-7,12H,8-11H2,1H3. The smallest absolute Gasteiger partial charge is 0.228 e. The Bertz CT molecular complexity index is 823. The van der Waals surface area contributed by atoms with Crippen molar-refractivity contribution in [3.05, 3.63) is 58.1 Å². The van der Waals surface area contributed by atoms with Gasteiger partial charge in [-0.3, -0.25) is 9.59 Å². The van der Waals surface area contributed by atoms with Crippen LogP contribution in [0.25, 0.3) is 0 Å². The number of carbonyl (C=O) groups is 2. The number of para-hydroxylation sites is 1. The third-order valence-electron chi connectivity index (χ3n) is 4.33. The summed E-state index contributed by atoms with van der Waals surface area (Å²) in [4.78, 5) is 28.0. The Hall–Kier alpha value is -2.04. The molecule has 0 saturated carbocycles. The van der Waals surface area contributed by atoms with Crippen LogP contribution in [0.5, 0.6) is 0 Å². The molecule has 1 aliphatic heterocycles. The SMILES string of the molecule is CC(=O)N(CCC(=O)N1CCc2ccccc21)c1ccc(Cl)c(Cl)c1. The third kappa shape index (κ3) is 3.80. The topological polar surface area (TPSA) is 40.6 Å². The van der Waals surface area contributed by atoms with Crippen LogP contribution in [0.15, 0.2) is 42.5 Å². The average molecular weight is 377 g/mol. The van der Waals surface area contributed by atoms with Gasteiger partial charge in [-0.05, 0) is 36.2 Å². The van der Waals surface area contributed by atoms with Gasteiger partial charge < -0.3 is 9.80 Å². The minimum absolute atomic E-state index is 0.0104. The molecule has 0 saturated heterocycles. The fraction of sp³-hybridized carbons (Fsp3) is 0.263. The predicted octanol–water partition coefficient (Wildman–Crippen LogP) is 4.33. The Kier molecular flexibility index (Phi) is 5.30. The van der Waals surface area contributed by atoms with Crippen LogP contribution < -0.4 is 9.80 Å². The summed E-state index contributed by atoms with van der Waals surface area (Å²) < 4.78 is 0. The predicted molar refractivity (Wildman–Crippen MR) is 102 cm³/mol. The normalized spacial score (nSPS) is 12.8. The quantitative estimate of drug-likeness (QED) is 0.796. The van der Waals surface area contributed by atoms with E-state index in [9.17, 15) is 9.59 Å². The molecule has 130 valence electrons. The Morgan fingerprint density at radius 1 is 1.12 bits per heavy atom. The third-order valence-corrected chi connectivity index (χ3v) is 5.07. The van der Waals surface area contributed by atoms with Gasteiger partial charge in [-0.2, -0.15) is 0 Å². The number of fused-ring (bicyclic) bond motifs is 1. The fourth-order valence-corrected chi connectivity index (χ4v) is 3.35. The van der Waals surface area contributed by atoms with E-state index in [0.29, 0.717) is 28.8 Å². The van der Waals surface area contributed by atoms with E-state index in [4.69, 9.17) is 23.2 Å². The molecule has 0 aromatic heterocycles. The maximum Gasteiger partial charge on any atom is 0.228 e. The van der Waals surface area contributed by atoms with Crippen molar-refractivity contribution in [2.75, 3.05) is 22.9 Å². The maximum atomic E-state index is 12.6. The van der Waals surface area contributed by atoms with Crippen LogP contribution in [0, 0.1) is 0 Å². The maximum absolute atomic E-state index is 12.6. The van der Waals surface area contributed by atoms with Crippen molar-refractivity contribution in [2.24, 2.45) is 0 Å². The van der Waals surface area contributed by atoms with Crippen LogP contribution in [-0.2, 0) is 16.0 Å². The van der Waals surface area contributed by atoms with Crippen molar-refractivity contribution in [3.8, 4) is 0 Å². The van der Waals surface area contributed by atoms with Crippen molar-refractivity contribution in [1.29, 1.82) is 0 Å². The molecule has 0 spiro atoms. The first-order valence-corrected chi connectivity index (χ1v) is 8.84. The molecule has 0 radical (unpaired) electrons. The lowest BCUT2D eigenvalue weighted by atomic mass is 10.2. The lowest BCUT2D eigenvalue weighted by Gasteiger charge is -2.23. The van der Waals surface area contributed by atoms with E-state index < -0.39 is 0 Å². The zero-order valence-corrected chi connectivity index (χ0v) is 15.3. The lowest BCUT2D eigenvalue weighted by molar-refractivity contribution is -0.118. The van der Waals surface area contributed by atoms with Crippen molar-refractivity contribution in [2.45, 2.75) is 19.8 Å². The van der Waals surface area contributed by atoms with Gasteiger partial charge in [0.05, 0.1) is 10.0 Å². The minimum Gasteiger partial charge on any atom is -0.312 e. The molecule has 2 aromatic carbocycles. The molecule has 2 aromatic rings. The van der Waals surface area contributed by atoms with E-state index in [1.54, 1.807) is 28.0 Å². The van der Waals surface area contributed by atoms with E-state index in [1.807, 2.05) is 24.3 Å². The van der Waals surface area contributed by atoms with Crippen LogP contribution in [0.3, 0.4) is 0 Å². The Morgan fingerprint density at radius 3 is 2.60 bits per heavy atom. The monoisotopic (exact) mass is 376 g/mol. The first-order chi connectivity index (χ1) is 12.0. The van der Waals surface area contributed by atoms with E-state index in [0.717, 1.165) is 12.1 Å². The molecule has 2 amide bonds. The molecule has 1 aliphatic rings. The van der Waals surface area contributed by atoms with Gasteiger partial charge in [0.2, 0.25) is 11.8 Å². The summed E-state index contributed by atoms with van der Waals surface area (Å²) >= 11 is 12.0. The summed E-state index contributed by atoms with van der Waals surface area (Å²) in [5, 5.41) is 0.809. The molecule has 4 nitrogen and oxygen atoms in total. The molecule has 0 atom stereocenters. The molecule has 25 heavy (non-hydrogen) atoms. The highest BCUT2D eigenvalue weighted by Gasteiger charge is 2.25. The van der Waals surface area contributed by atoms with Crippen LogP contribution in [-0.4, -0.2) is 24.9 Å².